The molecule has 0 radical (unpaired) electrons. The van der Waals surface area contributed by atoms with Crippen molar-refractivity contribution < 1.29 is 14.4 Å². The summed E-state index contributed by atoms with van der Waals surface area (Å²) < 4.78 is 2.01. The number of aryl methyl sites for hydroxylation is 2. The predicted octanol–water partition coefficient (Wildman–Crippen LogP) is 3.90. The third-order valence-corrected chi connectivity index (χ3v) is 9.08. The van der Waals surface area contributed by atoms with Gasteiger partial charge in [-0.05, 0) is 86.0 Å². The minimum Gasteiger partial charge on any atom is -0.325 e. The molecule has 1 aliphatic heterocycles. The van der Waals surface area contributed by atoms with Gasteiger partial charge in [0.1, 0.15) is 40.6 Å². The van der Waals surface area contributed by atoms with Gasteiger partial charge in [0.2, 0.25) is 11.8 Å². The Morgan fingerprint density at radius 3 is 2.53 bits per heavy atom. The summed E-state index contributed by atoms with van der Waals surface area (Å²) in [7, 11) is 3.97. The van der Waals surface area contributed by atoms with Gasteiger partial charge in [0.05, 0.1) is 11.1 Å². The predicted molar refractivity (Wildman–Crippen MR) is 170 cm³/mol. The summed E-state index contributed by atoms with van der Waals surface area (Å²) in [6, 6.07) is 8.51. The van der Waals surface area contributed by atoms with E-state index in [1.54, 1.807) is 42.4 Å². The third-order valence-electron chi connectivity index (χ3n) is 8.64. The first-order chi connectivity index (χ1) is 21.4. The number of amides is 2. The molecule has 1 N–H and O–H groups in total. The monoisotopic (exact) mass is 669 g/mol. The molecule has 3 aromatic heterocycles. The molecular weight excluding hydrogens is 638 g/mol. The minimum absolute atomic E-state index is 0.114. The number of hydrogen-bond donors (Lipinski definition) is 1. The standard InChI is InChI=1S/C32H32BrN9O3/c1-17-6-7-26(33)37-30(17)38-31(45)24-10-32(16-40(4)5)11-25(32)42(24)27(44)15-41-29-21(12-34)8-20(22-13-35-19(3)36-14-22)9-23(29)28(39-41)18(2)43/h6-9,13-14,24-25H,10-11,15-16H2,1-5H3,(H,37,38,45)/t24-,25-,32-/m0/s1. The Morgan fingerprint density at radius 2 is 1.87 bits per heavy atom. The van der Waals surface area contributed by atoms with E-state index in [1.807, 2.05) is 27.1 Å². The van der Waals surface area contributed by atoms with Gasteiger partial charge in [-0.3, -0.25) is 19.1 Å². The summed E-state index contributed by atoms with van der Waals surface area (Å²) in [5, 5.41) is 18.1. The Balaban J connectivity index is 1.36. The molecule has 2 fully saturated rings. The number of hydrogen-bond acceptors (Lipinski definition) is 9. The van der Waals surface area contributed by atoms with Gasteiger partial charge in [-0.15, -0.1) is 0 Å². The van der Waals surface area contributed by atoms with E-state index >= 15 is 0 Å². The molecule has 230 valence electrons. The molecule has 0 bridgehead atoms. The minimum atomic E-state index is -0.714. The zero-order chi connectivity index (χ0) is 32.2. The first-order valence-electron chi connectivity index (χ1n) is 14.6. The van der Waals surface area contributed by atoms with Gasteiger partial charge in [0.15, 0.2) is 5.78 Å². The number of nitrogens with one attached hydrogen (secondary N) is 1. The second-order valence-electron chi connectivity index (χ2n) is 12.2. The second kappa shape index (κ2) is 11.4. The number of piperidine rings is 1. The van der Waals surface area contributed by atoms with Gasteiger partial charge in [0, 0.05) is 48.3 Å². The van der Waals surface area contributed by atoms with Crippen molar-refractivity contribution >= 4 is 50.2 Å². The highest BCUT2D eigenvalue weighted by Crippen LogP contribution is 2.60. The van der Waals surface area contributed by atoms with Crippen molar-refractivity contribution in [2.45, 2.75) is 52.2 Å². The molecule has 3 atom stereocenters. The van der Waals surface area contributed by atoms with Crippen LogP contribution in [0.3, 0.4) is 0 Å². The van der Waals surface area contributed by atoms with E-state index in [-0.39, 0.29) is 46.9 Å². The zero-order valence-corrected chi connectivity index (χ0v) is 27.2. The van der Waals surface area contributed by atoms with Crippen LogP contribution in [0.5, 0.6) is 0 Å². The van der Waals surface area contributed by atoms with Gasteiger partial charge in [-0.25, -0.2) is 15.0 Å². The van der Waals surface area contributed by atoms with Crippen LogP contribution in [-0.2, 0) is 16.1 Å². The lowest BCUT2D eigenvalue weighted by molar-refractivity contribution is -0.138. The van der Waals surface area contributed by atoms with Crippen molar-refractivity contribution in [2.75, 3.05) is 26.0 Å². The fraction of sp³-hybridized carbons (Fsp3) is 0.375. The van der Waals surface area contributed by atoms with Crippen LogP contribution in [0, 0.1) is 30.6 Å². The molecule has 0 spiro atoms. The van der Waals surface area contributed by atoms with E-state index in [9.17, 15) is 19.6 Å². The molecule has 4 aromatic rings. The molecule has 13 heteroatoms. The summed E-state index contributed by atoms with van der Waals surface area (Å²) in [4.78, 5) is 57.3. The Kier molecular flexibility index (Phi) is 7.74. The number of carbonyl (C=O) groups is 3. The number of halogens is 1. The normalized spacial score (nSPS) is 20.3. The largest absolute Gasteiger partial charge is 0.325 e. The Morgan fingerprint density at radius 1 is 1.13 bits per heavy atom. The number of aromatic nitrogens is 5. The SMILES string of the molecule is CC(=O)c1nn(CC(=O)N2[C@H]3C[C@]3(CN(C)C)C[C@H]2C(=O)Nc2nc(Br)ccc2C)c2c(C#N)cc(-c3cnc(C)nc3)cc12. The zero-order valence-electron chi connectivity index (χ0n) is 25.6. The lowest BCUT2D eigenvalue weighted by Gasteiger charge is -2.27. The van der Waals surface area contributed by atoms with Crippen LogP contribution in [-0.4, -0.2) is 84.9 Å². The number of anilines is 1. The number of nitriles is 1. The van der Waals surface area contributed by atoms with Crippen molar-refractivity contribution in [3.63, 3.8) is 0 Å². The summed E-state index contributed by atoms with van der Waals surface area (Å²) >= 11 is 3.36. The highest BCUT2D eigenvalue weighted by Gasteiger charge is 2.67. The van der Waals surface area contributed by atoms with Crippen LogP contribution >= 0.6 is 15.9 Å². The molecule has 4 heterocycles. The van der Waals surface area contributed by atoms with Crippen molar-refractivity contribution in [1.29, 1.82) is 5.26 Å². The maximum Gasteiger partial charge on any atom is 0.248 e. The number of ketones is 1. The maximum absolute atomic E-state index is 14.2. The summed E-state index contributed by atoms with van der Waals surface area (Å²) in [6.45, 7) is 5.54. The first kappa shape index (κ1) is 30.5. The fourth-order valence-corrected chi connectivity index (χ4v) is 6.91. The number of rotatable bonds is 8. The molecule has 2 amide bonds. The average Bonchev–Trinajstić information content (AvgIpc) is 3.38. The number of likely N-dealkylation sites (tertiary alicyclic amines) is 1. The molecule has 12 nitrogen and oxygen atoms in total. The number of nitrogens with zero attached hydrogens (tertiary/aromatic N) is 8. The molecule has 0 unspecified atom stereocenters. The Hall–Kier alpha value is -4.54. The Bertz CT molecular complexity index is 1910. The van der Waals surface area contributed by atoms with E-state index < -0.39 is 6.04 Å². The van der Waals surface area contributed by atoms with Gasteiger partial charge in [-0.1, -0.05) is 6.07 Å². The van der Waals surface area contributed by atoms with Gasteiger partial charge >= 0.3 is 0 Å². The highest BCUT2D eigenvalue weighted by molar-refractivity contribution is 9.10. The van der Waals surface area contributed by atoms with E-state index in [4.69, 9.17) is 0 Å². The number of fused-ring (bicyclic) bond motifs is 2. The number of pyridine rings is 1. The van der Waals surface area contributed by atoms with Crippen LogP contribution < -0.4 is 5.32 Å². The fourth-order valence-electron chi connectivity index (χ4n) is 6.60. The van der Waals surface area contributed by atoms with Crippen molar-refractivity contribution in [3.05, 3.63) is 63.9 Å². The van der Waals surface area contributed by atoms with Gasteiger partial charge < -0.3 is 15.1 Å². The molecule has 2 aliphatic rings. The van der Waals surface area contributed by atoms with E-state index in [0.29, 0.717) is 44.7 Å². The topological polar surface area (TPSA) is 150 Å². The van der Waals surface area contributed by atoms with Gasteiger partial charge in [0.25, 0.3) is 0 Å². The van der Waals surface area contributed by atoms with Crippen molar-refractivity contribution in [1.82, 2.24) is 34.5 Å². The van der Waals surface area contributed by atoms with Gasteiger partial charge in [-0.2, -0.15) is 10.4 Å². The molecular formula is C32H32BrN9O3. The van der Waals surface area contributed by atoms with Crippen LogP contribution in [0.4, 0.5) is 5.82 Å². The van der Waals surface area contributed by atoms with Crippen molar-refractivity contribution in [3.8, 4) is 17.2 Å². The summed E-state index contributed by atoms with van der Waals surface area (Å²) in [6.07, 6.45) is 4.63. The molecule has 1 saturated carbocycles. The summed E-state index contributed by atoms with van der Waals surface area (Å²) in [5.74, 6) is 0.131. The van der Waals surface area contributed by atoms with Crippen LogP contribution in [0.15, 0.2) is 41.3 Å². The number of Topliss-reactive ketones (excluding diaryl/α,β-unsaturated/α-hetero) is 1. The lowest BCUT2D eigenvalue weighted by atomic mass is 9.98. The number of carbonyl (C=O) groups excluding carboxylic acids is 3. The van der Waals surface area contributed by atoms with E-state index in [2.05, 4.69) is 52.3 Å². The average molecular weight is 671 g/mol. The van der Waals surface area contributed by atoms with Crippen LogP contribution in [0.25, 0.3) is 22.0 Å². The first-order valence-corrected chi connectivity index (χ1v) is 15.3. The molecule has 1 aromatic carbocycles. The van der Waals surface area contributed by atoms with Crippen LogP contribution in [0.1, 0.15) is 47.2 Å². The molecule has 1 aliphatic carbocycles. The maximum atomic E-state index is 14.2. The third kappa shape index (κ3) is 5.60. The highest BCUT2D eigenvalue weighted by atomic mass is 79.9. The smallest absolute Gasteiger partial charge is 0.248 e. The lowest BCUT2D eigenvalue weighted by Crippen LogP contribution is -2.47. The van der Waals surface area contributed by atoms with E-state index in [1.165, 1.54) is 11.6 Å². The van der Waals surface area contributed by atoms with Crippen molar-refractivity contribution in [2.24, 2.45) is 5.41 Å². The van der Waals surface area contributed by atoms with E-state index in [0.717, 1.165) is 18.5 Å². The quantitative estimate of drug-likeness (QED) is 0.218. The second-order valence-corrected chi connectivity index (χ2v) is 13.1. The number of benzene rings is 1. The Labute approximate surface area is 268 Å². The van der Waals surface area contributed by atoms with Crippen LogP contribution in [0.2, 0.25) is 0 Å². The summed E-state index contributed by atoms with van der Waals surface area (Å²) in [5.41, 5.74) is 2.76. The molecule has 1 saturated heterocycles. The molecule has 6 rings (SSSR count). The molecule has 45 heavy (non-hydrogen) atoms.